The van der Waals surface area contributed by atoms with Crippen LogP contribution < -0.4 is 51.9 Å². The predicted octanol–water partition coefficient (Wildman–Crippen LogP) is 8.76. The van der Waals surface area contributed by atoms with Crippen LogP contribution >= 0.6 is 23.1 Å². The van der Waals surface area contributed by atoms with Gasteiger partial charge in [0.1, 0.15) is 0 Å². The van der Waals surface area contributed by atoms with E-state index in [-0.39, 0.29) is 0 Å². The van der Waals surface area contributed by atoms with Crippen LogP contribution in [-0.4, -0.2) is 26.9 Å². The van der Waals surface area contributed by atoms with Crippen molar-refractivity contribution in [3.05, 3.63) is 224 Å². The Balaban J connectivity index is 1.16. The third kappa shape index (κ3) is 8.16. The summed E-state index contributed by atoms with van der Waals surface area (Å²) >= 11 is 0. The van der Waals surface area contributed by atoms with Crippen molar-refractivity contribution in [3.8, 4) is 23.3 Å². The van der Waals surface area contributed by atoms with Crippen molar-refractivity contribution in [1.29, 1.82) is 0 Å². The Labute approximate surface area is 354 Å². The van der Waals surface area contributed by atoms with Gasteiger partial charge in [0, 0.05) is 0 Å². The number of hydrogen-bond donors (Lipinski definition) is 0. The molecule has 0 radical (unpaired) electrons. The van der Waals surface area contributed by atoms with Crippen molar-refractivity contribution in [3.63, 3.8) is 0 Å². The van der Waals surface area contributed by atoms with Gasteiger partial charge in [0.05, 0.1) is 0 Å². The molecule has 0 spiro atoms. The van der Waals surface area contributed by atoms with Crippen LogP contribution in [0.1, 0.15) is 0 Å². The molecule has 0 aliphatic heterocycles. The molecule has 9 aromatic rings. The van der Waals surface area contributed by atoms with Crippen LogP contribution in [0.4, 0.5) is 0 Å². The Kier molecular flexibility index (Phi) is 12.0. The molecular weight excluding hydrogens is 794 g/mol. The average molecular weight is 837 g/mol. The van der Waals surface area contributed by atoms with Crippen LogP contribution in [0.3, 0.4) is 0 Å². The summed E-state index contributed by atoms with van der Waals surface area (Å²) in [5, 5.41) is 23.0. The molecule has 0 N–H and O–H groups in total. The first-order valence-corrected chi connectivity index (χ1v) is 25.2. The number of para-hydroxylation sites is 3. The number of ether oxygens (including phenoxy) is 2. The molecule has 8 aromatic carbocycles. The van der Waals surface area contributed by atoms with Gasteiger partial charge in [0.2, 0.25) is 0 Å². The molecule has 6 nitrogen and oxygen atoms in total. The molecule has 0 aliphatic rings. The summed E-state index contributed by atoms with van der Waals surface area (Å²) in [6, 6.07) is 79.0. The van der Waals surface area contributed by atoms with E-state index in [1.165, 1.54) is 31.8 Å². The molecule has 1 heterocycles. The molecule has 294 valence electrons. The molecule has 0 saturated carbocycles. The van der Waals surface area contributed by atoms with E-state index in [4.69, 9.17) is 9.47 Å². The summed E-state index contributed by atoms with van der Waals surface area (Å²) < 4.78 is 15.9. The molecule has 0 fully saturated rings. The Morgan fingerprint density at radius 1 is 0.450 bits per heavy atom. The monoisotopic (exact) mass is 836 g/mol. The second-order valence-electron chi connectivity index (χ2n) is 14.3. The van der Waals surface area contributed by atoms with Gasteiger partial charge in [-0.1, -0.05) is 0 Å². The summed E-state index contributed by atoms with van der Waals surface area (Å²) in [5.74, 6) is 2.37. The normalized spacial score (nSPS) is 12.2. The topological polar surface area (TPSA) is 62.1 Å². The van der Waals surface area contributed by atoms with Gasteiger partial charge in [0.25, 0.3) is 0 Å². The van der Waals surface area contributed by atoms with E-state index in [1.54, 1.807) is 0 Å². The molecule has 0 saturated heterocycles. The van der Waals surface area contributed by atoms with Crippen molar-refractivity contribution < 1.29 is 9.47 Å². The second kappa shape index (κ2) is 18.3. The van der Waals surface area contributed by atoms with Crippen LogP contribution in [-0.2, 0) is 6.29 Å². The first kappa shape index (κ1) is 39.2. The first-order valence-electron chi connectivity index (χ1n) is 19.9. The van der Waals surface area contributed by atoms with Gasteiger partial charge >= 0.3 is 356 Å². The summed E-state index contributed by atoms with van der Waals surface area (Å²) in [7, 11) is -4.73. The fourth-order valence-electron chi connectivity index (χ4n) is 7.83. The van der Waals surface area contributed by atoms with Gasteiger partial charge in [-0.05, 0) is 0 Å². The van der Waals surface area contributed by atoms with E-state index in [1.807, 2.05) is 16.8 Å². The third-order valence-electron chi connectivity index (χ3n) is 10.7. The number of aromatic nitrogens is 4. The van der Waals surface area contributed by atoms with E-state index >= 15 is 0 Å². The number of nitrogens with zero attached hydrogens (tertiary/aromatic N) is 4. The van der Waals surface area contributed by atoms with Gasteiger partial charge in [-0.15, -0.1) is 0 Å². The quantitative estimate of drug-likeness (QED) is 0.103. The van der Waals surface area contributed by atoms with Crippen molar-refractivity contribution in [2.45, 2.75) is 6.29 Å². The van der Waals surface area contributed by atoms with E-state index < -0.39 is 23.1 Å². The van der Waals surface area contributed by atoms with Crippen molar-refractivity contribution in [2.75, 3.05) is 6.66 Å². The maximum atomic E-state index is 7.16. The molecule has 9 rings (SSSR count). The zero-order valence-corrected chi connectivity index (χ0v) is 35.9. The molecular formula is C51H43N4O2P3. The fraction of sp³-hybridized carbons (Fsp3) is 0.0392. The minimum absolute atomic E-state index is 0.325. The first-order chi connectivity index (χ1) is 29.7. The standard InChI is InChI=1S/C51H43N4O2P3/c1-58(40-23-7-2-8-24-40)48-36-20-17-33-45(48)56-47-35-19-22-38-50(47)60(43-29-13-5-14-30-43,44-31-15-6-16-32-44)39-55-51(52-53-54-55)57-46-34-18-21-37-49(46)59(41-25-9-3-10-26-41)42-27-11-4-12-28-42/h2-38,60H,39H2,1H3. The van der Waals surface area contributed by atoms with Crippen molar-refractivity contribution >= 4 is 65.5 Å². The minimum atomic E-state index is -3.10. The molecule has 1 unspecified atom stereocenters. The van der Waals surface area contributed by atoms with Crippen LogP contribution in [0.25, 0.3) is 0 Å². The summed E-state index contributed by atoms with van der Waals surface area (Å²) in [4.78, 5) is 0. The molecule has 0 aliphatic carbocycles. The number of tetrazole rings is 1. The SMILES string of the molecule is CP(c1ccccc1)c1ccccc1Oc1ccccc1[PH](Cn1nnnc1Oc1ccccc1P(c1ccccc1)c1ccccc1)(c1ccccc1)c1ccccc1. The Hall–Kier alpha value is -6.28. The third-order valence-corrected chi connectivity index (χ3v) is 20.1. The molecule has 9 heteroatoms. The van der Waals surface area contributed by atoms with Gasteiger partial charge in [0.15, 0.2) is 0 Å². The van der Waals surface area contributed by atoms with Gasteiger partial charge in [-0.25, -0.2) is 0 Å². The van der Waals surface area contributed by atoms with E-state index in [9.17, 15) is 0 Å². The number of benzene rings is 8. The maximum absolute atomic E-state index is 7.16. The van der Waals surface area contributed by atoms with Crippen molar-refractivity contribution in [1.82, 2.24) is 20.2 Å². The van der Waals surface area contributed by atoms with Crippen LogP contribution in [0.2, 0.25) is 0 Å². The fourth-order valence-corrected chi connectivity index (χ4v) is 16.5. The summed E-state index contributed by atoms with van der Waals surface area (Å²) in [6.45, 7) is 2.30. The Morgan fingerprint density at radius 3 is 1.45 bits per heavy atom. The molecule has 1 aromatic heterocycles. The molecule has 0 bridgehead atoms. The zero-order chi connectivity index (χ0) is 40.6. The summed E-state index contributed by atoms with van der Waals surface area (Å²) in [6.07, 6.45) is 0.449. The summed E-state index contributed by atoms with van der Waals surface area (Å²) in [5.41, 5.74) is 0. The van der Waals surface area contributed by atoms with E-state index in [2.05, 4.69) is 235 Å². The second-order valence-corrected chi connectivity index (χ2v) is 22.4. The number of rotatable bonds is 14. The Morgan fingerprint density at radius 2 is 0.883 bits per heavy atom. The molecule has 0 amide bonds. The van der Waals surface area contributed by atoms with Gasteiger partial charge < -0.3 is 0 Å². The zero-order valence-electron chi connectivity index (χ0n) is 33.1. The average Bonchev–Trinajstić information content (AvgIpc) is 3.76. The van der Waals surface area contributed by atoms with E-state index in [0.717, 1.165) is 22.1 Å². The van der Waals surface area contributed by atoms with E-state index in [0.29, 0.717) is 18.0 Å². The predicted molar refractivity (Wildman–Crippen MR) is 255 cm³/mol. The van der Waals surface area contributed by atoms with Crippen LogP contribution in [0.15, 0.2) is 224 Å². The Bertz CT molecular complexity index is 2700. The number of hydrogen-bond acceptors (Lipinski definition) is 5. The van der Waals surface area contributed by atoms with Crippen LogP contribution in [0, 0.1) is 0 Å². The molecule has 1 atom stereocenters. The van der Waals surface area contributed by atoms with Crippen LogP contribution in [0.5, 0.6) is 23.3 Å². The molecule has 60 heavy (non-hydrogen) atoms. The van der Waals surface area contributed by atoms with Gasteiger partial charge in [-0.2, -0.15) is 0 Å². The van der Waals surface area contributed by atoms with Crippen molar-refractivity contribution in [2.24, 2.45) is 0 Å². The van der Waals surface area contributed by atoms with Gasteiger partial charge in [-0.3, -0.25) is 0 Å².